The van der Waals surface area contributed by atoms with Crippen LogP contribution in [0.15, 0.2) is 23.0 Å². The van der Waals surface area contributed by atoms with Gasteiger partial charge in [-0.1, -0.05) is 6.42 Å². The predicted molar refractivity (Wildman–Crippen MR) is 62.8 cm³/mol. The van der Waals surface area contributed by atoms with E-state index >= 15 is 0 Å². The second kappa shape index (κ2) is 7.49. The molecule has 1 heterocycles. The molecule has 0 aliphatic carbocycles. The summed E-state index contributed by atoms with van der Waals surface area (Å²) in [5, 5.41) is 3.17. The van der Waals surface area contributed by atoms with E-state index in [1.807, 2.05) is 19.4 Å². The van der Waals surface area contributed by atoms with Crippen molar-refractivity contribution in [3.05, 3.63) is 24.2 Å². The molecule has 15 heavy (non-hydrogen) atoms. The topological polar surface area (TPSA) is 28.4 Å². The molecule has 0 spiro atoms. The summed E-state index contributed by atoms with van der Waals surface area (Å²) in [6, 6.07) is 2.03. The molecule has 3 heteroatoms. The largest absolute Gasteiger partial charge is 0.472 e. The van der Waals surface area contributed by atoms with Gasteiger partial charge < -0.3 is 14.6 Å². The Labute approximate surface area is 92.5 Å². The average molecular weight is 210 g/mol. The first-order valence-corrected chi connectivity index (χ1v) is 5.67. The average Bonchev–Trinajstić information content (AvgIpc) is 2.70. The van der Waals surface area contributed by atoms with Crippen LogP contribution in [-0.2, 0) is 6.54 Å². The Kier molecular flexibility index (Phi) is 6.12. The normalized spacial score (nSPS) is 11.1. The molecule has 0 fully saturated rings. The lowest BCUT2D eigenvalue weighted by molar-refractivity contribution is 0.316. The summed E-state index contributed by atoms with van der Waals surface area (Å²) in [6.07, 6.45) is 7.40. The number of nitrogens with zero attached hydrogens (tertiary/aromatic N) is 1. The summed E-state index contributed by atoms with van der Waals surface area (Å²) < 4.78 is 5.04. The van der Waals surface area contributed by atoms with Gasteiger partial charge in [0.05, 0.1) is 12.5 Å². The number of unbranched alkanes of at least 4 members (excludes halogenated alkanes) is 2. The molecule has 1 N–H and O–H groups in total. The maximum absolute atomic E-state index is 5.04. The van der Waals surface area contributed by atoms with Gasteiger partial charge in [0.15, 0.2) is 0 Å². The molecule has 1 rings (SSSR count). The van der Waals surface area contributed by atoms with Crippen LogP contribution in [0.2, 0.25) is 0 Å². The van der Waals surface area contributed by atoms with Crippen LogP contribution in [-0.4, -0.2) is 32.1 Å². The van der Waals surface area contributed by atoms with E-state index in [4.69, 9.17) is 4.42 Å². The van der Waals surface area contributed by atoms with E-state index in [0.29, 0.717) is 0 Å². The van der Waals surface area contributed by atoms with Crippen molar-refractivity contribution in [3.63, 3.8) is 0 Å². The van der Waals surface area contributed by atoms with Crippen LogP contribution in [0.1, 0.15) is 24.8 Å². The van der Waals surface area contributed by atoms with Gasteiger partial charge in [-0.25, -0.2) is 0 Å². The molecule has 1 aromatic heterocycles. The zero-order valence-corrected chi connectivity index (χ0v) is 9.83. The summed E-state index contributed by atoms with van der Waals surface area (Å²) >= 11 is 0. The second-order valence-electron chi connectivity index (χ2n) is 4.03. The first-order chi connectivity index (χ1) is 7.33. The number of furan rings is 1. The minimum Gasteiger partial charge on any atom is -0.472 e. The first kappa shape index (κ1) is 12.3. The predicted octanol–water partition coefficient (Wildman–Crippen LogP) is 2.10. The van der Waals surface area contributed by atoms with Crippen molar-refractivity contribution in [2.24, 2.45) is 0 Å². The van der Waals surface area contributed by atoms with E-state index in [2.05, 4.69) is 17.3 Å². The van der Waals surface area contributed by atoms with Crippen molar-refractivity contribution in [1.29, 1.82) is 0 Å². The molecule has 1 aromatic rings. The molecule has 0 unspecified atom stereocenters. The fraction of sp³-hybridized carbons (Fsp3) is 0.667. The lowest BCUT2D eigenvalue weighted by Crippen LogP contribution is -2.19. The number of rotatable bonds is 8. The summed E-state index contributed by atoms with van der Waals surface area (Å²) in [6.45, 7) is 3.28. The summed E-state index contributed by atoms with van der Waals surface area (Å²) in [5.74, 6) is 0. The Balaban J connectivity index is 2.01. The molecule has 0 aliphatic rings. The van der Waals surface area contributed by atoms with E-state index < -0.39 is 0 Å². The molecule has 0 aliphatic heterocycles. The minimum absolute atomic E-state index is 0.989. The van der Waals surface area contributed by atoms with Crippen LogP contribution in [0.3, 0.4) is 0 Å². The van der Waals surface area contributed by atoms with Gasteiger partial charge in [0.1, 0.15) is 0 Å². The monoisotopic (exact) mass is 210 g/mol. The van der Waals surface area contributed by atoms with Crippen LogP contribution in [0.5, 0.6) is 0 Å². The third kappa shape index (κ3) is 5.60. The van der Waals surface area contributed by atoms with Crippen molar-refractivity contribution >= 4 is 0 Å². The van der Waals surface area contributed by atoms with Crippen LogP contribution >= 0.6 is 0 Å². The molecular weight excluding hydrogens is 188 g/mol. The highest BCUT2D eigenvalue weighted by atomic mass is 16.3. The van der Waals surface area contributed by atoms with Gasteiger partial charge in [-0.15, -0.1) is 0 Å². The Morgan fingerprint density at radius 2 is 2.20 bits per heavy atom. The van der Waals surface area contributed by atoms with Crippen molar-refractivity contribution in [1.82, 2.24) is 10.2 Å². The van der Waals surface area contributed by atoms with Crippen molar-refractivity contribution in [2.75, 3.05) is 27.2 Å². The molecule has 0 bridgehead atoms. The lowest BCUT2D eigenvalue weighted by Gasteiger charge is -2.15. The molecular formula is C12H22N2O. The quantitative estimate of drug-likeness (QED) is 0.666. The third-order valence-electron chi connectivity index (χ3n) is 2.50. The maximum atomic E-state index is 5.04. The highest BCUT2D eigenvalue weighted by Gasteiger charge is 2.00. The van der Waals surface area contributed by atoms with Crippen LogP contribution in [0.25, 0.3) is 0 Å². The number of hydrogen-bond acceptors (Lipinski definition) is 3. The fourth-order valence-corrected chi connectivity index (χ4v) is 1.63. The van der Waals surface area contributed by atoms with E-state index in [-0.39, 0.29) is 0 Å². The number of hydrogen-bond donors (Lipinski definition) is 1. The van der Waals surface area contributed by atoms with Gasteiger partial charge >= 0.3 is 0 Å². The minimum atomic E-state index is 0.989. The highest BCUT2D eigenvalue weighted by molar-refractivity contribution is 5.04. The second-order valence-corrected chi connectivity index (χ2v) is 4.03. The molecule has 0 saturated carbocycles. The Morgan fingerprint density at radius 3 is 2.87 bits per heavy atom. The Hall–Kier alpha value is -0.800. The maximum Gasteiger partial charge on any atom is 0.0947 e. The lowest BCUT2D eigenvalue weighted by atomic mass is 10.2. The standard InChI is InChI=1S/C12H22N2O/c1-13-7-4-3-5-8-14(2)10-12-6-9-15-11-12/h6,9,11,13H,3-5,7-8,10H2,1-2H3. The molecule has 0 radical (unpaired) electrons. The zero-order valence-electron chi connectivity index (χ0n) is 9.83. The molecule has 3 nitrogen and oxygen atoms in total. The van der Waals surface area contributed by atoms with Crippen LogP contribution in [0.4, 0.5) is 0 Å². The van der Waals surface area contributed by atoms with Gasteiger partial charge in [-0.3, -0.25) is 0 Å². The molecule has 0 aromatic carbocycles. The summed E-state index contributed by atoms with van der Waals surface area (Å²) in [5.41, 5.74) is 1.26. The van der Waals surface area contributed by atoms with Gasteiger partial charge in [0.25, 0.3) is 0 Å². The highest BCUT2D eigenvalue weighted by Crippen LogP contribution is 2.05. The molecule has 0 amide bonds. The van der Waals surface area contributed by atoms with Crippen molar-refractivity contribution in [2.45, 2.75) is 25.8 Å². The van der Waals surface area contributed by atoms with Crippen molar-refractivity contribution < 1.29 is 4.42 Å². The number of nitrogens with one attached hydrogen (secondary N) is 1. The zero-order chi connectivity index (χ0) is 10.9. The molecule has 0 atom stereocenters. The Morgan fingerprint density at radius 1 is 1.33 bits per heavy atom. The fourth-order valence-electron chi connectivity index (χ4n) is 1.63. The van der Waals surface area contributed by atoms with Crippen LogP contribution < -0.4 is 5.32 Å². The van der Waals surface area contributed by atoms with E-state index in [9.17, 15) is 0 Å². The van der Waals surface area contributed by atoms with E-state index in [0.717, 1.165) is 19.6 Å². The van der Waals surface area contributed by atoms with Gasteiger partial charge in [0, 0.05) is 12.1 Å². The summed E-state index contributed by atoms with van der Waals surface area (Å²) in [4.78, 5) is 2.34. The van der Waals surface area contributed by atoms with Crippen molar-refractivity contribution in [3.8, 4) is 0 Å². The first-order valence-electron chi connectivity index (χ1n) is 5.67. The van der Waals surface area contributed by atoms with Crippen LogP contribution in [0, 0.1) is 0 Å². The van der Waals surface area contributed by atoms with E-state index in [1.54, 1.807) is 6.26 Å². The smallest absolute Gasteiger partial charge is 0.0947 e. The van der Waals surface area contributed by atoms with Gasteiger partial charge in [-0.2, -0.15) is 0 Å². The third-order valence-corrected chi connectivity index (χ3v) is 2.50. The molecule has 86 valence electrons. The summed E-state index contributed by atoms with van der Waals surface area (Å²) in [7, 11) is 4.16. The Bertz CT molecular complexity index is 234. The van der Waals surface area contributed by atoms with Gasteiger partial charge in [0.2, 0.25) is 0 Å². The SMILES string of the molecule is CNCCCCCN(C)Cc1ccoc1. The molecule has 0 saturated heterocycles. The van der Waals surface area contributed by atoms with Gasteiger partial charge in [-0.05, 0) is 46.1 Å². The van der Waals surface area contributed by atoms with E-state index in [1.165, 1.54) is 24.8 Å².